The first-order valence-electron chi connectivity index (χ1n) is 6.45. The van der Waals surface area contributed by atoms with Gasteiger partial charge in [0.15, 0.2) is 0 Å². The van der Waals surface area contributed by atoms with E-state index in [2.05, 4.69) is 10.6 Å². The van der Waals surface area contributed by atoms with Crippen molar-refractivity contribution in [1.29, 1.82) is 0 Å². The van der Waals surface area contributed by atoms with Crippen LogP contribution in [0.2, 0.25) is 0 Å². The minimum atomic E-state index is -1.13. The fourth-order valence-electron chi connectivity index (χ4n) is 1.78. The molecule has 0 heterocycles. The average Bonchev–Trinajstić information content (AvgIpc) is 2.33. The number of aliphatic carboxylic acids is 1. The van der Waals surface area contributed by atoms with Crippen molar-refractivity contribution < 1.29 is 19.5 Å². The normalized spacial score (nSPS) is 11.8. The van der Waals surface area contributed by atoms with Crippen molar-refractivity contribution in [2.24, 2.45) is 0 Å². The number of carboxylic acids is 1. The predicted molar refractivity (Wildman–Crippen MR) is 74.4 cm³/mol. The number of likely N-dealkylation sites (N-methyl/N-ethyl adjacent to an activating group) is 2. The Hall–Kier alpha value is -1.83. The van der Waals surface area contributed by atoms with Gasteiger partial charge in [0, 0.05) is 19.1 Å². The van der Waals surface area contributed by atoms with Gasteiger partial charge in [-0.25, -0.2) is 4.79 Å². The molecule has 0 aromatic carbocycles. The lowest BCUT2D eigenvalue weighted by Gasteiger charge is -2.30. The fourth-order valence-corrected chi connectivity index (χ4v) is 1.78. The van der Waals surface area contributed by atoms with E-state index in [0.29, 0.717) is 13.1 Å². The minimum absolute atomic E-state index is 0.0112. The van der Waals surface area contributed by atoms with Crippen LogP contribution < -0.4 is 10.6 Å². The Balaban J connectivity index is 4.21. The van der Waals surface area contributed by atoms with Crippen LogP contribution in [0.25, 0.3) is 0 Å². The van der Waals surface area contributed by atoms with Crippen molar-refractivity contribution in [3.05, 3.63) is 0 Å². The molecule has 0 aromatic heterocycles. The summed E-state index contributed by atoms with van der Waals surface area (Å²) in [5.41, 5.74) is 0. The maximum Gasteiger partial charge on any atom is 0.322 e. The standard InChI is InChI=1S/C12H24N4O4/c1-5-16(9(2)8-15(3)4)12(20)14-6-10(17)13-7-11(18)19/h9H,5-8H2,1-4H3,(H,13,17)(H,14,20)(H,18,19). The van der Waals surface area contributed by atoms with Crippen molar-refractivity contribution in [2.45, 2.75) is 19.9 Å². The van der Waals surface area contributed by atoms with E-state index in [-0.39, 0.29) is 18.6 Å². The number of urea groups is 1. The maximum absolute atomic E-state index is 11.9. The number of hydrogen-bond donors (Lipinski definition) is 3. The van der Waals surface area contributed by atoms with Gasteiger partial charge in [-0.1, -0.05) is 0 Å². The quantitative estimate of drug-likeness (QED) is 0.541. The first kappa shape index (κ1) is 18.2. The van der Waals surface area contributed by atoms with Crippen LogP contribution in [0.4, 0.5) is 4.79 Å². The first-order valence-corrected chi connectivity index (χ1v) is 6.45. The molecule has 1 unspecified atom stereocenters. The van der Waals surface area contributed by atoms with Crippen LogP contribution >= 0.6 is 0 Å². The molecule has 3 N–H and O–H groups in total. The largest absolute Gasteiger partial charge is 0.480 e. The molecule has 0 aliphatic rings. The van der Waals surface area contributed by atoms with Crippen molar-refractivity contribution in [1.82, 2.24) is 20.4 Å². The van der Waals surface area contributed by atoms with E-state index in [1.54, 1.807) is 4.90 Å². The summed E-state index contributed by atoms with van der Waals surface area (Å²) in [6.45, 7) is 4.33. The number of nitrogens with zero attached hydrogens (tertiary/aromatic N) is 2. The number of hydrogen-bond acceptors (Lipinski definition) is 4. The second-order valence-corrected chi connectivity index (χ2v) is 4.73. The molecule has 0 aliphatic carbocycles. The maximum atomic E-state index is 11.9. The molecule has 8 nitrogen and oxygen atoms in total. The third-order valence-electron chi connectivity index (χ3n) is 2.60. The number of carbonyl (C=O) groups is 3. The molecule has 0 fully saturated rings. The topological polar surface area (TPSA) is 102 Å². The molecule has 20 heavy (non-hydrogen) atoms. The summed E-state index contributed by atoms with van der Waals surface area (Å²) in [6.07, 6.45) is 0. The van der Waals surface area contributed by atoms with E-state index in [1.807, 2.05) is 32.8 Å². The smallest absolute Gasteiger partial charge is 0.322 e. The molecule has 0 aromatic rings. The molecule has 0 bridgehead atoms. The zero-order valence-corrected chi connectivity index (χ0v) is 12.5. The minimum Gasteiger partial charge on any atom is -0.480 e. The molecule has 0 rings (SSSR count). The van der Waals surface area contributed by atoms with Gasteiger partial charge in [-0.2, -0.15) is 0 Å². The third-order valence-corrected chi connectivity index (χ3v) is 2.60. The number of carboxylic acid groups (broad SMARTS) is 1. The Labute approximate surface area is 119 Å². The van der Waals surface area contributed by atoms with Crippen LogP contribution in [0, 0.1) is 0 Å². The molecule has 0 saturated heterocycles. The summed E-state index contributed by atoms with van der Waals surface area (Å²) < 4.78 is 0. The SMILES string of the molecule is CCN(C(=O)NCC(=O)NCC(=O)O)C(C)CN(C)C. The van der Waals surface area contributed by atoms with E-state index in [0.717, 1.165) is 0 Å². The predicted octanol–water partition coefficient (Wildman–Crippen LogP) is -0.831. The number of carbonyl (C=O) groups excluding carboxylic acids is 2. The zero-order valence-electron chi connectivity index (χ0n) is 12.5. The van der Waals surface area contributed by atoms with Gasteiger partial charge in [0.2, 0.25) is 5.91 Å². The zero-order chi connectivity index (χ0) is 15.7. The highest BCUT2D eigenvalue weighted by Crippen LogP contribution is 2.00. The van der Waals surface area contributed by atoms with Crippen molar-refractivity contribution in [3.63, 3.8) is 0 Å². The lowest BCUT2D eigenvalue weighted by Crippen LogP contribution is -2.50. The van der Waals surface area contributed by atoms with E-state index in [9.17, 15) is 14.4 Å². The molecule has 8 heteroatoms. The lowest BCUT2D eigenvalue weighted by molar-refractivity contribution is -0.137. The van der Waals surface area contributed by atoms with Gasteiger partial charge in [0.25, 0.3) is 0 Å². The van der Waals surface area contributed by atoms with E-state index < -0.39 is 18.4 Å². The Morgan fingerprint density at radius 2 is 1.75 bits per heavy atom. The van der Waals surface area contributed by atoms with Gasteiger partial charge < -0.3 is 25.5 Å². The van der Waals surface area contributed by atoms with E-state index in [4.69, 9.17) is 5.11 Å². The second-order valence-electron chi connectivity index (χ2n) is 4.73. The molecule has 116 valence electrons. The fraction of sp³-hybridized carbons (Fsp3) is 0.750. The van der Waals surface area contributed by atoms with Gasteiger partial charge in [0.1, 0.15) is 6.54 Å². The van der Waals surface area contributed by atoms with E-state index in [1.165, 1.54) is 0 Å². The molecular formula is C12H24N4O4. The first-order chi connectivity index (χ1) is 9.27. The summed E-state index contributed by atoms with van der Waals surface area (Å²) in [5, 5.41) is 13.1. The molecule has 3 amide bonds. The van der Waals surface area contributed by atoms with Crippen LogP contribution in [0.5, 0.6) is 0 Å². The Morgan fingerprint density at radius 1 is 1.15 bits per heavy atom. The second kappa shape index (κ2) is 9.13. The van der Waals surface area contributed by atoms with Crippen LogP contribution in [0.15, 0.2) is 0 Å². The molecule has 0 saturated carbocycles. The Bertz CT molecular complexity index is 346. The van der Waals surface area contributed by atoms with Crippen LogP contribution in [0.1, 0.15) is 13.8 Å². The lowest BCUT2D eigenvalue weighted by atomic mass is 10.3. The molecule has 1 atom stereocenters. The third kappa shape index (κ3) is 7.57. The highest BCUT2D eigenvalue weighted by molar-refractivity contribution is 5.86. The highest BCUT2D eigenvalue weighted by atomic mass is 16.4. The number of nitrogens with one attached hydrogen (secondary N) is 2. The summed E-state index contributed by atoms with van der Waals surface area (Å²) in [5.74, 6) is -1.66. The number of rotatable bonds is 8. The Kier molecular flexibility index (Phi) is 8.30. The number of amides is 3. The molecule has 0 spiro atoms. The average molecular weight is 288 g/mol. The van der Waals surface area contributed by atoms with E-state index >= 15 is 0 Å². The van der Waals surface area contributed by atoms with Gasteiger partial charge in [-0.05, 0) is 27.9 Å². The van der Waals surface area contributed by atoms with Gasteiger partial charge in [-0.3, -0.25) is 9.59 Å². The highest BCUT2D eigenvalue weighted by Gasteiger charge is 2.19. The van der Waals surface area contributed by atoms with Crippen molar-refractivity contribution in [3.8, 4) is 0 Å². The summed E-state index contributed by atoms with van der Waals surface area (Å²) >= 11 is 0. The molecule has 0 radical (unpaired) electrons. The van der Waals surface area contributed by atoms with Gasteiger partial charge in [0.05, 0.1) is 6.54 Å². The summed E-state index contributed by atoms with van der Waals surface area (Å²) in [7, 11) is 3.84. The summed E-state index contributed by atoms with van der Waals surface area (Å²) in [6, 6.07) is -0.329. The van der Waals surface area contributed by atoms with Crippen molar-refractivity contribution >= 4 is 17.9 Å². The Morgan fingerprint density at radius 3 is 2.20 bits per heavy atom. The van der Waals surface area contributed by atoms with Crippen LogP contribution in [-0.4, -0.2) is 79.1 Å². The van der Waals surface area contributed by atoms with Crippen LogP contribution in [0.3, 0.4) is 0 Å². The van der Waals surface area contributed by atoms with Crippen molar-refractivity contribution in [2.75, 3.05) is 40.3 Å². The molecular weight excluding hydrogens is 264 g/mol. The summed E-state index contributed by atoms with van der Waals surface area (Å²) in [4.78, 5) is 37.1. The van der Waals surface area contributed by atoms with Gasteiger partial charge >= 0.3 is 12.0 Å². The van der Waals surface area contributed by atoms with Crippen LogP contribution in [-0.2, 0) is 9.59 Å². The van der Waals surface area contributed by atoms with Gasteiger partial charge in [-0.15, -0.1) is 0 Å². The monoisotopic (exact) mass is 288 g/mol. The molecule has 0 aliphatic heterocycles.